The van der Waals surface area contributed by atoms with Gasteiger partial charge in [0.1, 0.15) is 0 Å². The predicted octanol–water partition coefficient (Wildman–Crippen LogP) is 0.0530. The van der Waals surface area contributed by atoms with Gasteiger partial charge in [0.2, 0.25) is 21.8 Å². The number of rotatable bonds is 3. The van der Waals surface area contributed by atoms with E-state index >= 15 is 0 Å². The number of nitrogens with zero attached hydrogens (tertiary/aromatic N) is 2. The van der Waals surface area contributed by atoms with E-state index in [9.17, 15) is 18.0 Å². The lowest BCUT2D eigenvalue weighted by molar-refractivity contribution is -0.169. The van der Waals surface area contributed by atoms with Gasteiger partial charge in [-0.15, -0.1) is 0 Å². The number of hydrogen-bond acceptors (Lipinski definition) is 4. The molecule has 2 amide bonds. The molecule has 108 valence electrons. The zero-order valence-electron chi connectivity index (χ0n) is 11.5. The molecule has 0 radical (unpaired) electrons. The molecule has 2 aliphatic rings. The van der Waals surface area contributed by atoms with Crippen LogP contribution >= 0.6 is 0 Å². The SMILES string of the molecule is CC(C)CN1CC2(CCN(S(C)(=O)=O)C(=O)C2)C1=O. The van der Waals surface area contributed by atoms with Crippen LogP contribution in [0, 0.1) is 11.3 Å². The maximum Gasteiger partial charge on any atom is 0.237 e. The summed E-state index contributed by atoms with van der Waals surface area (Å²) in [4.78, 5) is 25.8. The normalized spacial score (nSPS) is 28.2. The van der Waals surface area contributed by atoms with E-state index in [1.54, 1.807) is 4.90 Å². The molecule has 2 aliphatic heterocycles. The molecular formula is C12H20N2O4S. The van der Waals surface area contributed by atoms with Gasteiger partial charge in [-0.3, -0.25) is 9.59 Å². The van der Waals surface area contributed by atoms with E-state index in [-0.39, 0.29) is 18.9 Å². The Balaban J connectivity index is 2.04. The maximum atomic E-state index is 12.2. The number of β-lactam (4-membered cyclic amide) rings is 1. The summed E-state index contributed by atoms with van der Waals surface area (Å²) in [6, 6.07) is 0. The smallest absolute Gasteiger partial charge is 0.237 e. The fourth-order valence-electron chi connectivity index (χ4n) is 2.91. The maximum absolute atomic E-state index is 12.2. The number of piperidine rings is 1. The number of carbonyl (C=O) groups excluding carboxylic acids is 2. The van der Waals surface area contributed by atoms with Gasteiger partial charge in [-0.25, -0.2) is 12.7 Å². The summed E-state index contributed by atoms with van der Waals surface area (Å²) in [5.41, 5.74) is -0.632. The first-order valence-electron chi connectivity index (χ1n) is 6.46. The Kier molecular flexibility index (Phi) is 3.36. The topological polar surface area (TPSA) is 74.8 Å². The van der Waals surface area contributed by atoms with Crippen molar-refractivity contribution in [2.24, 2.45) is 11.3 Å². The number of hydrogen-bond donors (Lipinski definition) is 0. The highest BCUT2D eigenvalue weighted by Crippen LogP contribution is 2.42. The standard InChI is InChI=1S/C12H20N2O4S/c1-9(2)7-13-8-12(11(13)16)4-5-14(10(15)6-12)19(3,17)18/h9H,4-8H2,1-3H3. The third-order valence-corrected chi connectivity index (χ3v) is 4.97. The summed E-state index contributed by atoms with van der Waals surface area (Å²) >= 11 is 0. The van der Waals surface area contributed by atoms with Gasteiger partial charge in [-0.05, 0) is 12.3 Å². The lowest BCUT2D eigenvalue weighted by Gasteiger charge is -2.52. The van der Waals surface area contributed by atoms with E-state index in [1.165, 1.54) is 0 Å². The van der Waals surface area contributed by atoms with Gasteiger partial charge >= 0.3 is 0 Å². The molecule has 2 saturated heterocycles. The molecule has 0 N–H and O–H groups in total. The van der Waals surface area contributed by atoms with Crippen LogP contribution in [0.2, 0.25) is 0 Å². The van der Waals surface area contributed by atoms with Crippen molar-refractivity contribution in [3.05, 3.63) is 0 Å². The Bertz CT molecular complexity index is 514. The van der Waals surface area contributed by atoms with Crippen LogP contribution in [0.3, 0.4) is 0 Å². The Morgan fingerprint density at radius 1 is 1.32 bits per heavy atom. The molecule has 0 saturated carbocycles. The molecule has 2 fully saturated rings. The van der Waals surface area contributed by atoms with E-state index in [2.05, 4.69) is 0 Å². The fourth-order valence-corrected chi connectivity index (χ4v) is 3.77. The second kappa shape index (κ2) is 4.47. The first-order chi connectivity index (χ1) is 8.66. The summed E-state index contributed by atoms with van der Waals surface area (Å²) < 4.78 is 23.7. The van der Waals surface area contributed by atoms with Crippen LogP contribution in [0.25, 0.3) is 0 Å². The van der Waals surface area contributed by atoms with E-state index in [1.807, 2.05) is 13.8 Å². The van der Waals surface area contributed by atoms with E-state index < -0.39 is 21.3 Å². The minimum Gasteiger partial charge on any atom is -0.341 e. The van der Waals surface area contributed by atoms with Crippen molar-refractivity contribution < 1.29 is 18.0 Å². The highest BCUT2D eigenvalue weighted by molar-refractivity contribution is 7.88. The average molecular weight is 288 g/mol. The van der Waals surface area contributed by atoms with Crippen LogP contribution in [-0.4, -0.2) is 55.3 Å². The number of amides is 2. The van der Waals surface area contributed by atoms with E-state index in [0.29, 0.717) is 25.4 Å². The third kappa shape index (κ3) is 2.48. The summed E-state index contributed by atoms with van der Waals surface area (Å²) in [7, 11) is -3.50. The zero-order valence-corrected chi connectivity index (χ0v) is 12.4. The molecule has 0 aromatic carbocycles. The molecule has 2 rings (SSSR count). The van der Waals surface area contributed by atoms with Crippen LogP contribution in [0.4, 0.5) is 0 Å². The van der Waals surface area contributed by atoms with Gasteiger partial charge in [0.05, 0.1) is 11.7 Å². The van der Waals surface area contributed by atoms with Crippen LogP contribution in [-0.2, 0) is 19.6 Å². The van der Waals surface area contributed by atoms with Crippen LogP contribution in [0.1, 0.15) is 26.7 Å². The molecule has 0 aliphatic carbocycles. The summed E-state index contributed by atoms with van der Waals surface area (Å²) in [6.07, 6.45) is 1.49. The molecule has 1 unspecified atom stereocenters. The second-order valence-corrected chi connectivity index (χ2v) is 7.92. The Morgan fingerprint density at radius 3 is 2.37 bits per heavy atom. The van der Waals surface area contributed by atoms with Gasteiger partial charge in [0.15, 0.2) is 0 Å². The first-order valence-corrected chi connectivity index (χ1v) is 8.30. The molecule has 6 nitrogen and oxygen atoms in total. The molecule has 1 atom stereocenters. The van der Waals surface area contributed by atoms with Crippen molar-refractivity contribution in [3.8, 4) is 0 Å². The minimum atomic E-state index is -3.50. The lowest BCUT2D eigenvalue weighted by atomic mass is 9.71. The molecule has 0 aromatic rings. The highest BCUT2D eigenvalue weighted by atomic mass is 32.2. The van der Waals surface area contributed by atoms with Crippen molar-refractivity contribution >= 4 is 21.8 Å². The molecule has 1 spiro atoms. The minimum absolute atomic E-state index is 0.00250. The van der Waals surface area contributed by atoms with Gasteiger partial charge < -0.3 is 4.90 Å². The quantitative estimate of drug-likeness (QED) is 0.688. The largest absolute Gasteiger partial charge is 0.341 e. The zero-order chi connectivity index (χ0) is 14.4. The number of sulfonamides is 1. The van der Waals surface area contributed by atoms with Crippen molar-refractivity contribution in [1.29, 1.82) is 0 Å². The first kappa shape index (κ1) is 14.3. The van der Waals surface area contributed by atoms with Crippen LogP contribution < -0.4 is 0 Å². The van der Waals surface area contributed by atoms with Crippen LogP contribution in [0.15, 0.2) is 0 Å². The molecule has 19 heavy (non-hydrogen) atoms. The van der Waals surface area contributed by atoms with Crippen molar-refractivity contribution in [2.45, 2.75) is 26.7 Å². The molecular weight excluding hydrogens is 268 g/mol. The predicted molar refractivity (Wildman–Crippen MR) is 69.6 cm³/mol. The van der Waals surface area contributed by atoms with Crippen molar-refractivity contribution in [1.82, 2.24) is 9.21 Å². The second-order valence-electron chi connectivity index (χ2n) is 6.02. The van der Waals surface area contributed by atoms with Crippen molar-refractivity contribution in [2.75, 3.05) is 25.9 Å². The highest BCUT2D eigenvalue weighted by Gasteiger charge is 2.56. The lowest BCUT2D eigenvalue weighted by Crippen LogP contribution is -2.66. The van der Waals surface area contributed by atoms with E-state index in [4.69, 9.17) is 0 Å². The van der Waals surface area contributed by atoms with Crippen LogP contribution in [0.5, 0.6) is 0 Å². The molecule has 0 aromatic heterocycles. The Morgan fingerprint density at radius 2 is 1.95 bits per heavy atom. The Labute approximate surface area is 113 Å². The summed E-state index contributed by atoms with van der Waals surface area (Å²) in [6.45, 7) is 5.47. The Hall–Kier alpha value is -1.11. The van der Waals surface area contributed by atoms with E-state index in [0.717, 1.165) is 10.6 Å². The number of likely N-dealkylation sites (tertiary alicyclic amines) is 1. The van der Waals surface area contributed by atoms with Crippen molar-refractivity contribution in [3.63, 3.8) is 0 Å². The fraction of sp³-hybridized carbons (Fsp3) is 0.833. The summed E-state index contributed by atoms with van der Waals surface area (Å²) in [5.74, 6) is -0.0536. The monoisotopic (exact) mass is 288 g/mol. The van der Waals surface area contributed by atoms with Gasteiger partial charge in [-0.2, -0.15) is 0 Å². The molecule has 2 heterocycles. The molecule has 0 bridgehead atoms. The van der Waals surface area contributed by atoms with Gasteiger partial charge in [-0.1, -0.05) is 13.8 Å². The third-order valence-electron chi connectivity index (χ3n) is 3.78. The molecule has 7 heteroatoms. The van der Waals surface area contributed by atoms with Gasteiger partial charge in [0.25, 0.3) is 0 Å². The van der Waals surface area contributed by atoms with Gasteiger partial charge in [0, 0.05) is 26.1 Å². The average Bonchev–Trinajstić information content (AvgIpc) is 2.25. The summed E-state index contributed by atoms with van der Waals surface area (Å²) in [5, 5.41) is 0. The number of carbonyl (C=O) groups is 2.